The molecule has 0 bridgehead atoms. The van der Waals surface area contributed by atoms with E-state index in [0.29, 0.717) is 5.92 Å². The van der Waals surface area contributed by atoms with Crippen LogP contribution in [0.2, 0.25) is 0 Å². The molecule has 1 unspecified atom stereocenters. The van der Waals surface area contributed by atoms with Crippen LogP contribution in [0.1, 0.15) is 16.9 Å². The maximum Gasteiger partial charge on any atom is 0.0925 e. The van der Waals surface area contributed by atoms with Crippen molar-refractivity contribution in [1.29, 1.82) is 0 Å². The van der Waals surface area contributed by atoms with Crippen molar-refractivity contribution in [2.75, 3.05) is 6.67 Å². The first-order valence-corrected chi connectivity index (χ1v) is 4.89. The Bertz CT molecular complexity index is 241. The van der Waals surface area contributed by atoms with Gasteiger partial charge in [0, 0.05) is 4.88 Å². The number of hydrogen-bond donors (Lipinski definition) is 0. The number of fused-ring (bicyclic) bond motifs is 1. The van der Waals surface area contributed by atoms with E-state index in [-0.39, 0.29) is 6.67 Å². The second-order valence-electron chi connectivity index (χ2n) is 3.13. The summed E-state index contributed by atoms with van der Waals surface area (Å²) in [4.78, 5) is 1.48. The summed E-state index contributed by atoms with van der Waals surface area (Å²) in [5.41, 5.74) is 1.39. The molecule has 0 saturated heterocycles. The zero-order valence-corrected chi connectivity index (χ0v) is 7.16. The predicted octanol–water partition coefficient (Wildman–Crippen LogP) is 2.82. The van der Waals surface area contributed by atoms with Gasteiger partial charge in [0.2, 0.25) is 0 Å². The second kappa shape index (κ2) is 2.94. The lowest BCUT2D eigenvalue weighted by Gasteiger charge is -2.18. The Balaban J connectivity index is 2.18. The highest BCUT2D eigenvalue weighted by Crippen LogP contribution is 2.29. The van der Waals surface area contributed by atoms with Crippen molar-refractivity contribution in [1.82, 2.24) is 0 Å². The molecule has 1 aliphatic rings. The number of alkyl halides is 1. The van der Waals surface area contributed by atoms with E-state index in [9.17, 15) is 4.39 Å². The zero-order valence-electron chi connectivity index (χ0n) is 6.35. The molecule has 0 fully saturated rings. The summed E-state index contributed by atoms with van der Waals surface area (Å²) < 4.78 is 12.3. The van der Waals surface area contributed by atoms with E-state index in [2.05, 4.69) is 11.4 Å². The SMILES string of the molecule is FCC1CCc2sccc2C1. The summed E-state index contributed by atoms with van der Waals surface area (Å²) in [6.07, 6.45) is 3.11. The molecular formula is C9H11FS. The molecule has 0 radical (unpaired) electrons. The maximum absolute atomic E-state index is 12.3. The summed E-state index contributed by atoms with van der Waals surface area (Å²) in [6.45, 7) is -0.144. The summed E-state index contributed by atoms with van der Waals surface area (Å²) in [7, 11) is 0. The normalized spacial score (nSPS) is 23.2. The topological polar surface area (TPSA) is 0 Å². The first-order valence-electron chi connectivity index (χ1n) is 4.01. The van der Waals surface area contributed by atoms with E-state index >= 15 is 0 Å². The fourth-order valence-corrected chi connectivity index (χ4v) is 2.58. The van der Waals surface area contributed by atoms with Gasteiger partial charge in [0.15, 0.2) is 0 Å². The largest absolute Gasteiger partial charge is 0.251 e. The first kappa shape index (κ1) is 7.29. The van der Waals surface area contributed by atoms with Crippen LogP contribution < -0.4 is 0 Å². The molecule has 1 aromatic heterocycles. The minimum atomic E-state index is -0.144. The summed E-state index contributed by atoms with van der Waals surface area (Å²) in [6, 6.07) is 2.14. The van der Waals surface area contributed by atoms with Crippen LogP contribution in [0, 0.1) is 5.92 Å². The van der Waals surface area contributed by atoms with Gasteiger partial charge in [-0.2, -0.15) is 0 Å². The van der Waals surface area contributed by atoms with Crippen LogP contribution >= 0.6 is 11.3 Å². The molecule has 2 rings (SSSR count). The lowest BCUT2D eigenvalue weighted by Crippen LogP contribution is -2.13. The van der Waals surface area contributed by atoms with Crippen LogP contribution in [0.5, 0.6) is 0 Å². The number of hydrogen-bond acceptors (Lipinski definition) is 1. The fourth-order valence-electron chi connectivity index (χ4n) is 1.65. The van der Waals surface area contributed by atoms with Crippen LogP contribution in [0.4, 0.5) is 4.39 Å². The van der Waals surface area contributed by atoms with E-state index < -0.39 is 0 Å². The minimum absolute atomic E-state index is 0.144. The minimum Gasteiger partial charge on any atom is -0.251 e. The van der Waals surface area contributed by atoms with Crippen molar-refractivity contribution in [3.8, 4) is 0 Å². The van der Waals surface area contributed by atoms with Gasteiger partial charge in [-0.05, 0) is 42.2 Å². The van der Waals surface area contributed by atoms with E-state index in [1.165, 1.54) is 10.4 Å². The molecule has 0 aliphatic heterocycles. The smallest absolute Gasteiger partial charge is 0.0925 e. The number of rotatable bonds is 1. The molecule has 2 heteroatoms. The molecule has 0 nitrogen and oxygen atoms in total. The van der Waals surface area contributed by atoms with Gasteiger partial charge in [0.1, 0.15) is 0 Å². The Hall–Kier alpha value is -0.370. The lowest BCUT2D eigenvalue weighted by atomic mass is 9.90. The number of halogens is 1. The predicted molar refractivity (Wildman–Crippen MR) is 45.8 cm³/mol. The molecule has 0 saturated carbocycles. The summed E-state index contributed by atoms with van der Waals surface area (Å²) in [5.74, 6) is 0.303. The highest BCUT2D eigenvalue weighted by Gasteiger charge is 2.18. The molecule has 0 N–H and O–H groups in total. The second-order valence-corrected chi connectivity index (χ2v) is 4.13. The van der Waals surface area contributed by atoms with Crippen LogP contribution in [0.25, 0.3) is 0 Å². The Labute approximate surface area is 70.1 Å². The van der Waals surface area contributed by atoms with Gasteiger partial charge in [-0.25, -0.2) is 0 Å². The fraction of sp³-hybridized carbons (Fsp3) is 0.556. The third-order valence-corrected chi connectivity index (χ3v) is 3.37. The van der Waals surface area contributed by atoms with E-state index in [0.717, 1.165) is 19.3 Å². The van der Waals surface area contributed by atoms with Gasteiger partial charge >= 0.3 is 0 Å². The molecule has 0 amide bonds. The zero-order chi connectivity index (χ0) is 7.68. The molecule has 1 aromatic rings. The Morgan fingerprint density at radius 1 is 1.64 bits per heavy atom. The molecule has 0 spiro atoms. The summed E-state index contributed by atoms with van der Waals surface area (Å²) >= 11 is 1.82. The van der Waals surface area contributed by atoms with E-state index in [1.807, 2.05) is 11.3 Å². The molecule has 1 atom stereocenters. The van der Waals surface area contributed by atoms with Crippen molar-refractivity contribution in [3.63, 3.8) is 0 Å². The Kier molecular flexibility index (Phi) is 1.95. The molecule has 0 aromatic carbocycles. The summed E-state index contributed by atoms with van der Waals surface area (Å²) in [5, 5.41) is 2.12. The molecule has 60 valence electrons. The average Bonchev–Trinajstić information content (AvgIpc) is 2.50. The van der Waals surface area contributed by atoms with Crippen molar-refractivity contribution in [2.45, 2.75) is 19.3 Å². The lowest BCUT2D eigenvalue weighted by molar-refractivity contribution is 0.333. The van der Waals surface area contributed by atoms with Gasteiger partial charge in [0.05, 0.1) is 6.67 Å². The van der Waals surface area contributed by atoms with Crippen LogP contribution in [0.3, 0.4) is 0 Å². The standard InChI is InChI=1S/C9H11FS/c10-6-7-1-2-9-8(5-7)3-4-11-9/h3-4,7H,1-2,5-6H2. The number of thiophene rings is 1. The number of aryl methyl sites for hydroxylation is 1. The third kappa shape index (κ3) is 1.32. The van der Waals surface area contributed by atoms with Gasteiger partial charge in [0.25, 0.3) is 0 Å². The van der Waals surface area contributed by atoms with Crippen LogP contribution in [-0.4, -0.2) is 6.67 Å². The van der Waals surface area contributed by atoms with Crippen LogP contribution in [0.15, 0.2) is 11.4 Å². The van der Waals surface area contributed by atoms with Crippen molar-refractivity contribution in [3.05, 3.63) is 21.9 Å². The monoisotopic (exact) mass is 170 g/mol. The van der Waals surface area contributed by atoms with Gasteiger partial charge in [-0.15, -0.1) is 11.3 Å². The van der Waals surface area contributed by atoms with Gasteiger partial charge in [-0.3, -0.25) is 4.39 Å². The third-order valence-electron chi connectivity index (χ3n) is 2.34. The highest BCUT2D eigenvalue weighted by atomic mass is 32.1. The van der Waals surface area contributed by atoms with E-state index in [4.69, 9.17) is 0 Å². The Morgan fingerprint density at radius 2 is 2.55 bits per heavy atom. The van der Waals surface area contributed by atoms with Crippen molar-refractivity contribution in [2.24, 2.45) is 5.92 Å². The maximum atomic E-state index is 12.3. The molecule has 1 aliphatic carbocycles. The average molecular weight is 170 g/mol. The van der Waals surface area contributed by atoms with Crippen LogP contribution in [-0.2, 0) is 12.8 Å². The Morgan fingerprint density at radius 3 is 3.36 bits per heavy atom. The van der Waals surface area contributed by atoms with Gasteiger partial charge in [-0.1, -0.05) is 0 Å². The molecule has 11 heavy (non-hydrogen) atoms. The molecule has 1 heterocycles. The quantitative estimate of drug-likeness (QED) is 0.608. The van der Waals surface area contributed by atoms with E-state index in [1.54, 1.807) is 0 Å². The molecular weight excluding hydrogens is 159 g/mol. The van der Waals surface area contributed by atoms with Gasteiger partial charge < -0.3 is 0 Å². The first-order chi connectivity index (χ1) is 5.40. The highest BCUT2D eigenvalue weighted by molar-refractivity contribution is 7.10. The van der Waals surface area contributed by atoms with Crippen molar-refractivity contribution >= 4 is 11.3 Å². The van der Waals surface area contributed by atoms with Crippen molar-refractivity contribution < 1.29 is 4.39 Å².